The molecule has 1 amide bonds. The molecule has 1 aromatic heterocycles. The Bertz CT molecular complexity index is 469. The molecule has 0 spiro atoms. The van der Waals surface area contributed by atoms with Crippen molar-refractivity contribution in [3.05, 3.63) is 11.9 Å². The normalized spacial score (nSPS) is 9.79. The molecule has 0 saturated carbocycles. The van der Waals surface area contributed by atoms with Crippen molar-refractivity contribution < 1.29 is 23.9 Å². The van der Waals surface area contributed by atoms with Gasteiger partial charge in [-0.2, -0.15) is 0 Å². The highest BCUT2D eigenvalue weighted by Crippen LogP contribution is 2.04. The smallest absolute Gasteiger partial charge is 0.356 e. The highest BCUT2D eigenvalue weighted by Gasteiger charge is 2.14. The molecule has 1 rings (SSSR count). The second kappa shape index (κ2) is 7.14. The number of carbonyl (C=O) groups excluding carboxylic acids is 3. The van der Waals surface area contributed by atoms with Crippen LogP contribution in [0, 0.1) is 0 Å². The fraction of sp³-hybridized carbons (Fsp3) is 0.455. The molecule has 8 nitrogen and oxygen atoms in total. The van der Waals surface area contributed by atoms with Crippen LogP contribution in [0.3, 0.4) is 0 Å². The summed E-state index contributed by atoms with van der Waals surface area (Å²) in [6.45, 7) is 3.77. The number of aromatic nitrogens is 2. The highest BCUT2D eigenvalue weighted by molar-refractivity contribution is 6.01. The number of rotatable bonds is 6. The van der Waals surface area contributed by atoms with Crippen molar-refractivity contribution >= 4 is 23.8 Å². The van der Waals surface area contributed by atoms with Crippen molar-refractivity contribution in [1.82, 2.24) is 9.97 Å². The van der Waals surface area contributed by atoms with Gasteiger partial charge in [0.25, 0.3) is 0 Å². The lowest BCUT2D eigenvalue weighted by Crippen LogP contribution is -2.18. The van der Waals surface area contributed by atoms with Gasteiger partial charge in [0, 0.05) is 0 Å². The minimum Gasteiger partial charge on any atom is -0.466 e. The van der Waals surface area contributed by atoms with Crippen LogP contribution in [-0.4, -0.2) is 41.0 Å². The van der Waals surface area contributed by atoms with E-state index in [9.17, 15) is 14.4 Å². The third kappa shape index (κ3) is 4.78. The molecule has 2 N–H and O–H groups in total. The molecule has 0 aliphatic carbocycles. The summed E-state index contributed by atoms with van der Waals surface area (Å²) < 4.78 is 9.37. The zero-order valence-electron chi connectivity index (χ0n) is 10.7. The van der Waals surface area contributed by atoms with Crippen LogP contribution in [0.2, 0.25) is 0 Å². The molecule has 1 aromatic rings. The summed E-state index contributed by atoms with van der Waals surface area (Å²) in [4.78, 5) is 40.1. The first-order valence-corrected chi connectivity index (χ1v) is 5.74. The number of aromatic amines is 1. The number of hydrogen-bond donors (Lipinski definition) is 2. The lowest BCUT2D eigenvalue weighted by atomic mass is 10.4. The van der Waals surface area contributed by atoms with E-state index in [-0.39, 0.29) is 24.9 Å². The molecule has 0 aliphatic heterocycles. The molecule has 0 fully saturated rings. The average Bonchev–Trinajstić information content (AvgIpc) is 2.77. The maximum absolute atomic E-state index is 11.4. The van der Waals surface area contributed by atoms with E-state index < -0.39 is 24.3 Å². The number of ether oxygens (including phenoxy) is 2. The maximum atomic E-state index is 11.4. The van der Waals surface area contributed by atoms with Gasteiger partial charge in [-0.25, -0.2) is 9.78 Å². The van der Waals surface area contributed by atoms with E-state index in [1.807, 2.05) is 0 Å². The Labute approximate surface area is 109 Å². The summed E-state index contributed by atoms with van der Waals surface area (Å²) in [7, 11) is 0. The first-order chi connectivity index (χ1) is 9.06. The van der Waals surface area contributed by atoms with Crippen molar-refractivity contribution in [1.29, 1.82) is 0 Å². The van der Waals surface area contributed by atoms with Gasteiger partial charge in [0.2, 0.25) is 11.9 Å². The van der Waals surface area contributed by atoms with Crippen molar-refractivity contribution in [3.63, 3.8) is 0 Å². The fourth-order valence-electron chi connectivity index (χ4n) is 1.22. The average molecular weight is 269 g/mol. The zero-order valence-corrected chi connectivity index (χ0v) is 10.7. The summed E-state index contributed by atoms with van der Waals surface area (Å²) in [5.74, 6) is -1.71. The Morgan fingerprint density at radius 1 is 1.26 bits per heavy atom. The van der Waals surface area contributed by atoms with Crippen molar-refractivity contribution in [3.8, 4) is 0 Å². The van der Waals surface area contributed by atoms with E-state index >= 15 is 0 Å². The lowest BCUT2D eigenvalue weighted by Gasteiger charge is -2.02. The molecule has 0 atom stereocenters. The van der Waals surface area contributed by atoms with Crippen LogP contribution in [0.5, 0.6) is 0 Å². The number of nitrogens with zero attached hydrogens (tertiary/aromatic N) is 1. The highest BCUT2D eigenvalue weighted by atomic mass is 16.5. The van der Waals surface area contributed by atoms with Gasteiger partial charge in [0.05, 0.1) is 19.4 Å². The quantitative estimate of drug-likeness (QED) is 0.574. The van der Waals surface area contributed by atoms with Gasteiger partial charge in [-0.15, -0.1) is 0 Å². The fourth-order valence-corrected chi connectivity index (χ4v) is 1.22. The van der Waals surface area contributed by atoms with E-state index in [0.717, 1.165) is 0 Å². The first-order valence-electron chi connectivity index (χ1n) is 5.74. The molecule has 19 heavy (non-hydrogen) atoms. The lowest BCUT2D eigenvalue weighted by molar-refractivity contribution is -0.145. The van der Waals surface area contributed by atoms with Crippen LogP contribution in [0.25, 0.3) is 0 Å². The molecule has 104 valence electrons. The molecule has 1 heterocycles. The number of carbonyl (C=O) groups is 3. The van der Waals surface area contributed by atoms with Gasteiger partial charge in [0.15, 0.2) is 0 Å². The predicted molar refractivity (Wildman–Crippen MR) is 64.4 cm³/mol. The molecule has 0 aliphatic rings. The maximum Gasteiger partial charge on any atom is 0.356 e. The Kier molecular flexibility index (Phi) is 5.52. The van der Waals surface area contributed by atoms with Gasteiger partial charge in [-0.1, -0.05) is 0 Å². The van der Waals surface area contributed by atoms with Crippen LogP contribution in [0.1, 0.15) is 30.8 Å². The largest absolute Gasteiger partial charge is 0.466 e. The minimum atomic E-state index is -0.628. The third-order valence-corrected chi connectivity index (χ3v) is 1.94. The van der Waals surface area contributed by atoms with Crippen LogP contribution in [0.4, 0.5) is 5.95 Å². The summed E-state index contributed by atoms with van der Waals surface area (Å²) >= 11 is 0. The number of H-pyrrole nitrogens is 1. The minimum absolute atomic E-state index is 0.0670. The number of esters is 2. The standard InChI is InChI=1S/C11H15N3O5/c1-3-18-9(16)5-8(15)14-11-12-6-7(13-11)10(17)19-4-2/h6H,3-5H2,1-2H3,(H2,12,13,14,15). The second-order valence-electron chi connectivity index (χ2n) is 3.40. The van der Waals surface area contributed by atoms with E-state index in [4.69, 9.17) is 4.74 Å². The van der Waals surface area contributed by atoms with Crippen molar-refractivity contribution in [2.75, 3.05) is 18.5 Å². The third-order valence-electron chi connectivity index (χ3n) is 1.94. The number of hydrogen-bond acceptors (Lipinski definition) is 6. The number of imidazole rings is 1. The number of amides is 1. The second-order valence-corrected chi connectivity index (χ2v) is 3.40. The molecule has 0 unspecified atom stereocenters. The predicted octanol–water partition coefficient (Wildman–Crippen LogP) is 0.478. The first kappa shape index (κ1) is 14.7. The van der Waals surface area contributed by atoms with Crippen molar-refractivity contribution in [2.24, 2.45) is 0 Å². The van der Waals surface area contributed by atoms with E-state index in [0.29, 0.717) is 0 Å². The Balaban J connectivity index is 2.51. The summed E-state index contributed by atoms with van der Waals surface area (Å²) in [6.07, 6.45) is 0.821. The Hall–Kier alpha value is -2.38. The molecular weight excluding hydrogens is 254 g/mol. The molecule has 0 bridgehead atoms. The summed E-state index contributed by atoms with van der Waals surface area (Å²) in [6, 6.07) is 0. The van der Waals surface area contributed by atoms with Crippen LogP contribution < -0.4 is 5.32 Å². The SMILES string of the molecule is CCOC(=O)CC(=O)Nc1ncc(C(=O)OCC)[nH]1. The molecular formula is C11H15N3O5. The van der Waals surface area contributed by atoms with Crippen LogP contribution in [-0.2, 0) is 19.1 Å². The van der Waals surface area contributed by atoms with Crippen molar-refractivity contribution in [2.45, 2.75) is 20.3 Å². The van der Waals surface area contributed by atoms with Gasteiger partial charge < -0.3 is 14.5 Å². The Morgan fingerprint density at radius 2 is 1.95 bits per heavy atom. The molecule has 8 heteroatoms. The van der Waals surface area contributed by atoms with Gasteiger partial charge in [-0.05, 0) is 13.8 Å². The number of nitrogens with one attached hydrogen (secondary N) is 2. The van der Waals surface area contributed by atoms with Gasteiger partial charge in [0.1, 0.15) is 12.1 Å². The van der Waals surface area contributed by atoms with E-state index in [1.54, 1.807) is 13.8 Å². The molecule has 0 saturated heterocycles. The van der Waals surface area contributed by atoms with Crippen LogP contribution in [0.15, 0.2) is 6.20 Å². The zero-order chi connectivity index (χ0) is 14.3. The monoisotopic (exact) mass is 269 g/mol. The molecule has 0 aromatic carbocycles. The van der Waals surface area contributed by atoms with E-state index in [1.165, 1.54) is 6.20 Å². The topological polar surface area (TPSA) is 110 Å². The summed E-state index contributed by atoms with van der Waals surface area (Å²) in [5, 5.41) is 2.33. The molecule has 0 radical (unpaired) electrons. The van der Waals surface area contributed by atoms with Gasteiger partial charge >= 0.3 is 11.9 Å². The summed E-state index contributed by atoms with van der Waals surface area (Å²) in [5.41, 5.74) is 0.119. The van der Waals surface area contributed by atoms with Crippen LogP contribution >= 0.6 is 0 Å². The Morgan fingerprint density at radius 3 is 2.58 bits per heavy atom. The van der Waals surface area contributed by atoms with Gasteiger partial charge in [-0.3, -0.25) is 14.9 Å². The van der Waals surface area contributed by atoms with E-state index in [2.05, 4.69) is 20.0 Å². The number of anilines is 1.